The van der Waals surface area contributed by atoms with E-state index >= 15 is 0 Å². The van der Waals surface area contributed by atoms with Crippen molar-refractivity contribution in [2.75, 3.05) is 12.4 Å². The Morgan fingerprint density at radius 3 is 2.32 bits per heavy atom. The lowest BCUT2D eigenvalue weighted by Crippen LogP contribution is -2.31. The number of nitrogens with one attached hydrogen (secondary N) is 1. The van der Waals surface area contributed by atoms with Crippen LogP contribution in [-0.4, -0.2) is 19.0 Å². The molecule has 0 spiro atoms. The Morgan fingerprint density at radius 2 is 1.79 bits per heavy atom. The van der Waals surface area contributed by atoms with Crippen LogP contribution in [0.3, 0.4) is 0 Å². The molecule has 104 valence electrons. The second-order valence-electron chi connectivity index (χ2n) is 5.61. The van der Waals surface area contributed by atoms with Crippen LogP contribution in [-0.2, 0) is 9.53 Å². The predicted molar refractivity (Wildman–Crippen MR) is 75.0 cm³/mol. The number of hydrogen-bond donors (Lipinski definition) is 1. The lowest BCUT2D eigenvalue weighted by atomic mass is 9.81. The number of ether oxygens (including phenoxy) is 1. The molecular formula is C15H21NO3. The van der Waals surface area contributed by atoms with E-state index in [1.54, 1.807) is 24.3 Å². The van der Waals surface area contributed by atoms with Gasteiger partial charge >= 0.3 is 5.97 Å². The fraction of sp³-hybridized carbons (Fsp3) is 0.467. The van der Waals surface area contributed by atoms with Crippen LogP contribution in [0.25, 0.3) is 0 Å². The molecule has 1 N–H and O–H groups in total. The molecule has 4 nitrogen and oxygen atoms in total. The summed E-state index contributed by atoms with van der Waals surface area (Å²) < 4.78 is 4.70. The van der Waals surface area contributed by atoms with Crippen molar-refractivity contribution in [1.29, 1.82) is 0 Å². The van der Waals surface area contributed by atoms with E-state index in [0.29, 0.717) is 11.3 Å². The summed E-state index contributed by atoms with van der Waals surface area (Å²) in [4.78, 5) is 23.8. The SMILES string of the molecule is COC(=O)c1ccccc1NC(=O)C(C)C(C)(C)C. The average Bonchev–Trinajstić information content (AvgIpc) is 2.36. The molecule has 0 saturated carbocycles. The first-order chi connectivity index (χ1) is 8.77. The van der Waals surface area contributed by atoms with E-state index in [1.807, 2.05) is 27.7 Å². The summed E-state index contributed by atoms with van der Waals surface area (Å²) in [6.07, 6.45) is 0. The summed E-state index contributed by atoms with van der Waals surface area (Å²) in [6.45, 7) is 7.88. The van der Waals surface area contributed by atoms with Gasteiger partial charge in [-0.15, -0.1) is 0 Å². The first-order valence-electron chi connectivity index (χ1n) is 6.25. The maximum atomic E-state index is 12.2. The Hall–Kier alpha value is -1.84. The zero-order valence-corrected chi connectivity index (χ0v) is 12.1. The molecule has 1 atom stereocenters. The highest BCUT2D eigenvalue weighted by atomic mass is 16.5. The molecule has 0 saturated heterocycles. The minimum atomic E-state index is -0.459. The Kier molecular flexibility index (Phi) is 4.70. The largest absolute Gasteiger partial charge is 0.465 e. The van der Waals surface area contributed by atoms with Gasteiger partial charge in [-0.05, 0) is 17.5 Å². The number of esters is 1. The fourth-order valence-electron chi connectivity index (χ4n) is 1.51. The molecule has 0 aliphatic rings. The van der Waals surface area contributed by atoms with Gasteiger partial charge in [-0.25, -0.2) is 4.79 Å². The van der Waals surface area contributed by atoms with E-state index in [4.69, 9.17) is 4.74 Å². The summed E-state index contributed by atoms with van der Waals surface area (Å²) >= 11 is 0. The quantitative estimate of drug-likeness (QED) is 0.852. The Bertz CT molecular complexity index is 475. The molecule has 1 aromatic carbocycles. The molecule has 1 amide bonds. The number of hydrogen-bond acceptors (Lipinski definition) is 3. The van der Waals surface area contributed by atoms with Gasteiger partial charge in [-0.2, -0.15) is 0 Å². The van der Waals surface area contributed by atoms with Crippen molar-refractivity contribution in [1.82, 2.24) is 0 Å². The van der Waals surface area contributed by atoms with E-state index < -0.39 is 5.97 Å². The molecule has 4 heteroatoms. The minimum absolute atomic E-state index is 0.108. The van der Waals surface area contributed by atoms with E-state index in [9.17, 15) is 9.59 Å². The van der Waals surface area contributed by atoms with E-state index in [2.05, 4.69) is 5.32 Å². The predicted octanol–water partition coefficient (Wildman–Crippen LogP) is 3.09. The normalized spacial score (nSPS) is 12.7. The van der Waals surface area contributed by atoms with Crippen molar-refractivity contribution in [2.24, 2.45) is 11.3 Å². The van der Waals surface area contributed by atoms with Gasteiger partial charge in [0.1, 0.15) is 0 Å². The number of anilines is 1. The molecule has 0 fully saturated rings. The molecule has 19 heavy (non-hydrogen) atoms. The standard InChI is InChI=1S/C15H21NO3/c1-10(15(2,3)4)13(17)16-12-9-7-6-8-11(12)14(18)19-5/h6-10H,1-5H3,(H,16,17). The molecule has 1 aromatic rings. The highest BCUT2D eigenvalue weighted by molar-refractivity contribution is 6.01. The van der Waals surface area contributed by atoms with Crippen LogP contribution in [0.2, 0.25) is 0 Å². The second kappa shape index (κ2) is 5.87. The number of benzene rings is 1. The molecule has 0 aliphatic heterocycles. The monoisotopic (exact) mass is 263 g/mol. The van der Waals surface area contributed by atoms with Crippen LogP contribution in [0.4, 0.5) is 5.69 Å². The van der Waals surface area contributed by atoms with Crippen molar-refractivity contribution < 1.29 is 14.3 Å². The number of methoxy groups -OCH3 is 1. The van der Waals surface area contributed by atoms with Crippen LogP contribution >= 0.6 is 0 Å². The summed E-state index contributed by atoms with van der Waals surface area (Å²) in [5, 5.41) is 2.79. The van der Waals surface area contributed by atoms with Crippen molar-refractivity contribution in [2.45, 2.75) is 27.7 Å². The maximum Gasteiger partial charge on any atom is 0.339 e. The van der Waals surface area contributed by atoms with E-state index in [-0.39, 0.29) is 17.2 Å². The Morgan fingerprint density at radius 1 is 1.21 bits per heavy atom. The van der Waals surface area contributed by atoms with Crippen LogP contribution in [0.15, 0.2) is 24.3 Å². The maximum absolute atomic E-state index is 12.2. The summed E-state index contributed by atoms with van der Waals surface area (Å²) in [7, 11) is 1.32. The third kappa shape index (κ3) is 3.81. The number of carbonyl (C=O) groups excluding carboxylic acids is 2. The third-order valence-corrected chi connectivity index (χ3v) is 3.28. The summed E-state index contributed by atoms with van der Waals surface area (Å²) in [6, 6.07) is 6.82. The van der Waals surface area contributed by atoms with Crippen molar-refractivity contribution in [3.8, 4) is 0 Å². The number of carbonyl (C=O) groups is 2. The lowest BCUT2D eigenvalue weighted by Gasteiger charge is -2.26. The van der Waals surface area contributed by atoms with E-state index in [1.165, 1.54) is 7.11 Å². The highest BCUT2D eigenvalue weighted by Gasteiger charge is 2.27. The molecular weight excluding hydrogens is 242 g/mol. The fourth-order valence-corrected chi connectivity index (χ4v) is 1.51. The molecule has 0 heterocycles. The number of amides is 1. The third-order valence-electron chi connectivity index (χ3n) is 3.28. The van der Waals surface area contributed by atoms with Crippen molar-refractivity contribution in [3.05, 3.63) is 29.8 Å². The number of rotatable bonds is 3. The first-order valence-corrected chi connectivity index (χ1v) is 6.25. The lowest BCUT2D eigenvalue weighted by molar-refractivity contribution is -0.122. The molecule has 1 unspecified atom stereocenters. The molecule has 0 aromatic heterocycles. The average molecular weight is 263 g/mol. The van der Waals surface area contributed by atoms with Crippen LogP contribution in [0, 0.1) is 11.3 Å². The molecule has 0 radical (unpaired) electrons. The van der Waals surface area contributed by atoms with Gasteiger partial charge in [0.25, 0.3) is 0 Å². The van der Waals surface area contributed by atoms with Crippen LogP contribution in [0.1, 0.15) is 38.1 Å². The van der Waals surface area contributed by atoms with E-state index in [0.717, 1.165) is 0 Å². The summed E-state index contributed by atoms with van der Waals surface area (Å²) in [5.74, 6) is -0.735. The van der Waals surface area contributed by atoms with Gasteiger partial charge in [0.2, 0.25) is 5.91 Å². The van der Waals surface area contributed by atoms with Crippen molar-refractivity contribution >= 4 is 17.6 Å². The first kappa shape index (κ1) is 15.2. The van der Waals surface area contributed by atoms with Gasteiger partial charge in [0.15, 0.2) is 0 Å². The van der Waals surface area contributed by atoms with Crippen LogP contribution < -0.4 is 5.32 Å². The molecule has 0 aliphatic carbocycles. The second-order valence-corrected chi connectivity index (χ2v) is 5.61. The smallest absolute Gasteiger partial charge is 0.339 e. The number of para-hydroxylation sites is 1. The molecule has 0 bridgehead atoms. The van der Waals surface area contributed by atoms with Gasteiger partial charge < -0.3 is 10.1 Å². The van der Waals surface area contributed by atoms with Gasteiger partial charge in [-0.3, -0.25) is 4.79 Å². The minimum Gasteiger partial charge on any atom is -0.465 e. The molecule has 1 rings (SSSR count). The zero-order chi connectivity index (χ0) is 14.6. The van der Waals surface area contributed by atoms with Gasteiger partial charge in [0, 0.05) is 5.92 Å². The topological polar surface area (TPSA) is 55.4 Å². The zero-order valence-electron chi connectivity index (χ0n) is 12.1. The van der Waals surface area contributed by atoms with Crippen molar-refractivity contribution in [3.63, 3.8) is 0 Å². The highest BCUT2D eigenvalue weighted by Crippen LogP contribution is 2.27. The summed E-state index contributed by atoms with van der Waals surface area (Å²) in [5.41, 5.74) is 0.708. The van der Waals surface area contributed by atoms with Gasteiger partial charge in [-0.1, -0.05) is 39.8 Å². The van der Waals surface area contributed by atoms with Gasteiger partial charge in [0.05, 0.1) is 18.4 Å². The Labute approximate surface area is 114 Å². The Balaban J connectivity index is 2.95. The van der Waals surface area contributed by atoms with Crippen LogP contribution in [0.5, 0.6) is 0 Å².